The fourth-order valence-corrected chi connectivity index (χ4v) is 1.91. The topological polar surface area (TPSA) is 80.0 Å². The van der Waals surface area contributed by atoms with Gasteiger partial charge in [-0.1, -0.05) is 29.3 Å². The van der Waals surface area contributed by atoms with Gasteiger partial charge in [-0.05, 0) is 36.8 Å². The molecule has 1 aromatic heterocycles. The number of hydrazine groups is 1. The molecule has 1 amide bonds. The molecule has 0 spiro atoms. The molecule has 0 radical (unpaired) electrons. The van der Waals surface area contributed by atoms with Crippen LogP contribution in [0.5, 0.6) is 0 Å². The highest BCUT2D eigenvalue weighted by Crippen LogP contribution is 2.22. The lowest BCUT2D eigenvalue weighted by molar-refractivity contribution is 0.102. The second-order valence-electron chi connectivity index (χ2n) is 4.09. The molecule has 5 nitrogen and oxygen atoms in total. The van der Waals surface area contributed by atoms with Crippen LogP contribution in [0.2, 0.25) is 10.0 Å². The number of aromatic nitrogens is 1. The van der Waals surface area contributed by atoms with Gasteiger partial charge in [0, 0.05) is 10.7 Å². The summed E-state index contributed by atoms with van der Waals surface area (Å²) >= 11 is 12.0. The number of nitrogens with zero attached hydrogens (tertiary/aromatic N) is 1. The smallest absolute Gasteiger partial charge is 0.275 e. The first-order valence-electron chi connectivity index (χ1n) is 5.72. The molecular formula is C13H12Cl2N4O. The lowest BCUT2D eigenvalue weighted by atomic mass is 10.2. The molecule has 0 unspecified atom stereocenters. The van der Waals surface area contributed by atoms with Gasteiger partial charge in [0.2, 0.25) is 0 Å². The van der Waals surface area contributed by atoms with Crippen molar-refractivity contribution in [2.45, 2.75) is 6.92 Å². The molecule has 0 fully saturated rings. The van der Waals surface area contributed by atoms with Crippen molar-refractivity contribution in [3.63, 3.8) is 0 Å². The average molecular weight is 311 g/mol. The van der Waals surface area contributed by atoms with E-state index >= 15 is 0 Å². The Morgan fingerprint density at radius 2 is 1.95 bits per heavy atom. The fourth-order valence-electron chi connectivity index (χ4n) is 1.54. The van der Waals surface area contributed by atoms with Crippen molar-refractivity contribution in [3.05, 3.63) is 51.6 Å². The van der Waals surface area contributed by atoms with Gasteiger partial charge in [0.25, 0.3) is 5.91 Å². The van der Waals surface area contributed by atoms with Gasteiger partial charge in [0.05, 0.1) is 5.02 Å². The molecular weight excluding hydrogens is 299 g/mol. The number of nitrogen functional groups attached to an aromatic ring is 1. The van der Waals surface area contributed by atoms with Gasteiger partial charge < -0.3 is 10.7 Å². The Morgan fingerprint density at radius 3 is 2.60 bits per heavy atom. The minimum absolute atomic E-state index is 0.0822. The summed E-state index contributed by atoms with van der Waals surface area (Å²) in [5.74, 6) is 5.16. The number of aryl methyl sites for hydroxylation is 1. The van der Waals surface area contributed by atoms with E-state index in [4.69, 9.17) is 29.0 Å². The van der Waals surface area contributed by atoms with E-state index in [1.165, 1.54) is 0 Å². The molecule has 4 N–H and O–H groups in total. The molecule has 0 saturated heterocycles. The van der Waals surface area contributed by atoms with E-state index in [1.54, 1.807) is 24.3 Å². The minimum Gasteiger partial charge on any atom is -0.321 e. The van der Waals surface area contributed by atoms with Crippen LogP contribution < -0.4 is 16.6 Å². The summed E-state index contributed by atoms with van der Waals surface area (Å²) in [4.78, 5) is 16.1. The maximum atomic E-state index is 12.1. The van der Waals surface area contributed by atoms with Crippen LogP contribution in [0.3, 0.4) is 0 Å². The van der Waals surface area contributed by atoms with Crippen molar-refractivity contribution >= 4 is 40.6 Å². The van der Waals surface area contributed by atoms with Crippen molar-refractivity contribution in [2.24, 2.45) is 5.84 Å². The maximum Gasteiger partial charge on any atom is 0.275 e. The Bertz CT molecular complexity index is 661. The van der Waals surface area contributed by atoms with Gasteiger partial charge in [-0.15, -0.1) is 0 Å². The van der Waals surface area contributed by atoms with E-state index < -0.39 is 5.91 Å². The zero-order chi connectivity index (χ0) is 14.7. The number of halogens is 2. The zero-order valence-electron chi connectivity index (χ0n) is 10.6. The number of hydrogen-bond donors (Lipinski definition) is 3. The van der Waals surface area contributed by atoms with Gasteiger partial charge in [0.15, 0.2) is 0 Å². The van der Waals surface area contributed by atoms with E-state index in [2.05, 4.69) is 15.7 Å². The molecule has 0 saturated carbocycles. The van der Waals surface area contributed by atoms with E-state index in [0.717, 1.165) is 5.56 Å². The third-order valence-electron chi connectivity index (χ3n) is 2.64. The quantitative estimate of drug-likeness (QED) is 0.600. The van der Waals surface area contributed by atoms with Gasteiger partial charge in [0.1, 0.15) is 11.5 Å². The van der Waals surface area contributed by atoms with Crippen LogP contribution in [-0.4, -0.2) is 10.9 Å². The molecule has 0 atom stereocenters. The van der Waals surface area contributed by atoms with E-state index in [1.807, 2.05) is 13.0 Å². The lowest BCUT2D eigenvalue weighted by Crippen LogP contribution is -2.16. The normalized spacial score (nSPS) is 10.2. The van der Waals surface area contributed by atoms with Crippen molar-refractivity contribution in [1.29, 1.82) is 0 Å². The number of carbonyl (C=O) groups is 1. The largest absolute Gasteiger partial charge is 0.321 e. The monoisotopic (exact) mass is 310 g/mol. The SMILES string of the molecule is Cc1ccc(NC(=O)c2nc(NN)ccc2Cl)cc1Cl. The summed E-state index contributed by atoms with van der Waals surface area (Å²) in [6, 6.07) is 8.33. The second-order valence-corrected chi connectivity index (χ2v) is 4.90. The standard InChI is InChI=1S/C13H12Cl2N4O/c1-7-2-3-8(6-10(7)15)17-13(20)12-9(14)4-5-11(18-12)19-16/h2-6H,16H2,1H3,(H,17,20)(H,18,19). The van der Waals surface area contributed by atoms with Gasteiger partial charge in [-0.2, -0.15) is 0 Å². The first kappa shape index (κ1) is 14.6. The molecule has 0 aliphatic carbocycles. The molecule has 7 heteroatoms. The number of nitrogens with one attached hydrogen (secondary N) is 2. The summed E-state index contributed by atoms with van der Waals surface area (Å²) in [7, 11) is 0. The van der Waals surface area contributed by atoms with Crippen LogP contribution >= 0.6 is 23.2 Å². The molecule has 2 rings (SSSR count). The third-order valence-corrected chi connectivity index (χ3v) is 3.35. The highest BCUT2D eigenvalue weighted by molar-refractivity contribution is 6.34. The lowest BCUT2D eigenvalue weighted by Gasteiger charge is -2.08. The minimum atomic E-state index is -0.438. The number of nitrogens with two attached hydrogens (primary N) is 1. The van der Waals surface area contributed by atoms with Crippen molar-refractivity contribution < 1.29 is 4.79 Å². The first-order chi connectivity index (χ1) is 9.51. The predicted octanol–water partition coefficient (Wildman–Crippen LogP) is 3.23. The Kier molecular flexibility index (Phi) is 4.44. The highest BCUT2D eigenvalue weighted by atomic mass is 35.5. The van der Waals surface area contributed by atoms with Crippen LogP contribution in [0.1, 0.15) is 16.1 Å². The van der Waals surface area contributed by atoms with Crippen LogP contribution in [0, 0.1) is 6.92 Å². The maximum absolute atomic E-state index is 12.1. The predicted molar refractivity (Wildman–Crippen MR) is 81.2 cm³/mol. The first-order valence-corrected chi connectivity index (χ1v) is 6.47. The summed E-state index contributed by atoms with van der Waals surface area (Å²) in [6.07, 6.45) is 0. The Hall–Kier alpha value is -1.82. The number of benzene rings is 1. The van der Waals surface area contributed by atoms with Crippen LogP contribution in [-0.2, 0) is 0 Å². The van der Waals surface area contributed by atoms with Gasteiger partial charge in [-0.3, -0.25) is 4.79 Å². The number of pyridine rings is 1. The number of hydrogen-bond acceptors (Lipinski definition) is 4. The molecule has 104 valence electrons. The number of anilines is 2. The van der Waals surface area contributed by atoms with E-state index in [0.29, 0.717) is 16.5 Å². The van der Waals surface area contributed by atoms with Crippen LogP contribution in [0.15, 0.2) is 30.3 Å². The third kappa shape index (κ3) is 3.19. The van der Waals surface area contributed by atoms with E-state index in [-0.39, 0.29) is 10.7 Å². The Balaban J connectivity index is 2.25. The molecule has 0 aliphatic rings. The van der Waals surface area contributed by atoms with Crippen molar-refractivity contribution in [1.82, 2.24) is 4.98 Å². The van der Waals surface area contributed by atoms with Gasteiger partial charge in [-0.25, -0.2) is 10.8 Å². The Labute approximate surface area is 126 Å². The number of rotatable bonds is 3. The van der Waals surface area contributed by atoms with Crippen LogP contribution in [0.25, 0.3) is 0 Å². The number of carbonyl (C=O) groups excluding carboxylic acids is 1. The van der Waals surface area contributed by atoms with E-state index in [9.17, 15) is 4.79 Å². The molecule has 0 aliphatic heterocycles. The highest BCUT2D eigenvalue weighted by Gasteiger charge is 2.13. The summed E-state index contributed by atoms with van der Waals surface area (Å²) < 4.78 is 0. The molecule has 0 bridgehead atoms. The fraction of sp³-hybridized carbons (Fsp3) is 0.0769. The number of amides is 1. The molecule has 1 aromatic carbocycles. The summed E-state index contributed by atoms with van der Waals surface area (Å²) in [6.45, 7) is 1.88. The summed E-state index contributed by atoms with van der Waals surface area (Å²) in [5.41, 5.74) is 3.93. The second kappa shape index (κ2) is 6.09. The zero-order valence-corrected chi connectivity index (χ0v) is 12.1. The Morgan fingerprint density at radius 1 is 1.20 bits per heavy atom. The van der Waals surface area contributed by atoms with Gasteiger partial charge >= 0.3 is 0 Å². The van der Waals surface area contributed by atoms with Crippen molar-refractivity contribution in [2.75, 3.05) is 10.7 Å². The summed E-state index contributed by atoms with van der Waals surface area (Å²) in [5, 5.41) is 3.48. The molecule has 2 aromatic rings. The van der Waals surface area contributed by atoms with Crippen molar-refractivity contribution in [3.8, 4) is 0 Å². The molecule has 1 heterocycles. The van der Waals surface area contributed by atoms with Crippen LogP contribution in [0.4, 0.5) is 11.5 Å². The average Bonchev–Trinajstić information content (AvgIpc) is 2.43. The molecule has 20 heavy (non-hydrogen) atoms.